The molecule has 0 aromatic heterocycles. The van der Waals surface area contributed by atoms with Crippen molar-refractivity contribution in [2.24, 2.45) is 0 Å². The normalized spacial score (nSPS) is 12.0. The SMILES string of the molecule is COCOc1cc(C)ccc1P(Cl)c1ccccc1-c1ccccc1. The lowest BCUT2D eigenvalue weighted by molar-refractivity contribution is 0.0519. The average Bonchev–Trinajstić information content (AvgIpc) is 2.66. The lowest BCUT2D eigenvalue weighted by Gasteiger charge is -2.19. The molecule has 1 unspecified atom stereocenters. The summed E-state index contributed by atoms with van der Waals surface area (Å²) in [5.74, 6) is 0.783. The van der Waals surface area contributed by atoms with Crippen LogP contribution in [-0.4, -0.2) is 13.9 Å². The van der Waals surface area contributed by atoms with Crippen LogP contribution in [0.2, 0.25) is 0 Å². The summed E-state index contributed by atoms with van der Waals surface area (Å²) < 4.78 is 10.8. The largest absolute Gasteiger partial charge is 0.467 e. The minimum Gasteiger partial charge on any atom is -0.467 e. The van der Waals surface area contributed by atoms with Gasteiger partial charge in [-0.1, -0.05) is 71.9 Å². The van der Waals surface area contributed by atoms with E-state index < -0.39 is 7.27 Å². The Bertz CT molecular complexity index is 836. The van der Waals surface area contributed by atoms with Crippen molar-refractivity contribution in [3.8, 4) is 16.9 Å². The standard InChI is InChI=1S/C21H20ClO2P/c1-16-12-13-21(19(14-16)24-15-23-2)25(22)20-11-7-6-10-18(20)17-8-4-3-5-9-17/h3-14H,15H2,1-2H3. The smallest absolute Gasteiger partial charge is 0.188 e. The summed E-state index contributed by atoms with van der Waals surface area (Å²) in [4.78, 5) is 0. The van der Waals surface area contributed by atoms with Crippen LogP contribution in [0.3, 0.4) is 0 Å². The van der Waals surface area contributed by atoms with Gasteiger partial charge in [0.25, 0.3) is 0 Å². The number of hydrogen-bond acceptors (Lipinski definition) is 2. The van der Waals surface area contributed by atoms with Crippen LogP contribution >= 0.6 is 18.5 Å². The number of halogens is 1. The lowest BCUT2D eigenvalue weighted by atomic mass is 10.1. The predicted octanol–water partition coefficient (Wildman–Crippen LogP) is 5.23. The molecule has 2 nitrogen and oxygen atoms in total. The topological polar surface area (TPSA) is 18.5 Å². The summed E-state index contributed by atoms with van der Waals surface area (Å²) in [5.41, 5.74) is 3.45. The summed E-state index contributed by atoms with van der Waals surface area (Å²) in [6, 6.07) is 24.7. The Hall–Kier alpha value is -1.86. The molecule has 25 heavy (non-hydrogen) atoms. The van der Waals surface area contributed by atoms with Gasteiger partial charge in [-0.2, -0.15) is 0 Å². The predicted molar refractivity (Wildman–Crippen MR) is 108 cm³/mol. The van der Waals surface area contributed by atoms with E-state index in [1.807, 2.05) is 43.3 Å². The summed E-state index contributed by atoms with van der Waals surface area (Å²) in [5, 5.41) is 2.12. The van der Waals surface area contributed by atoms with Crippen molar-refractivity contribution in [2.75, 3.05) is 13.9 Å². The number of methoxy groups -OCH3 is 1. The van der Waals surface area contributed by atoms with E-state index in [4.69, 9.17) is 20.7 Å². The highest BCUT2D eigenvalue weighted by Gasteiger charge is 2.19. The summed E-state index contributed by atoms with van der Waals surface area (Å²) in [6.45, 7) is 2.24. The first kappa shape index (κ1) is 17.9. The molecule has 0 aliphatic rings. The van der Waals surface area contributed by atoms with E-state index in [0.717, 1.165) is 33.0 Å². The van der Waals surface area contributed by atoms with E-state index >= 15 is 0 Å². The molecule has 0 bridgehead atoms. The zero-order valence-electron chi connectivity index (χ0n) is 14.3. The van der Waals surface area contributed by atoms with Gasteiger partial charge in [-0.05, 0) is 35.7 Å². The maximum absolute atomic E-state index is 6.97. The van der Waals surface area contributed by atoms with Crippen LogP contribution < -0.4 is 15.3 Å². The highest BCUT2D eigenvalue weighted by molar-refractivity contribution is 7.96. The number of aryl methyl sites for hydroxylation is 1. The van der Waals surface area contributed by atoms with Gasteiger partial charge in [-0.3, -0.25) is 0 Å². The second-order valence-electron chi connectivity index (χ2n) is 5.69. The van der Waals surface area contributed by atoms with Crippen molar-refractivity contribution in [2.45, 2.75) is 6.92 Å². The van der Waals surface area contributed by atoms with Gasteiger partial charge in [0, 0.05) is 17.7 Å². The maximum Gasteiger partial charge on any atom is 0.188 e. The molecular formula is C21H20ClO2P. The van der Waals surface area contributed by atoms with E-state index in [1.165, 1.54) is 0 Å². The molecule has 0 saturated carbocycles. The minimum atomic E-state index is -1.07. The maximum atomic E-state index is 6.97. The van der Waals surface area contributed by atoms with E-state index in [2.05, 4.69) is 36.4 Å². The van der Waals surface area contributed by atoms with Gasteiger partial charge in [0.05, 0.1) is 7.27 Å². The third-order valence-electron chi connectivity index (χ3n) is 3.86. The van der Waals surface area contributed by atoms with Crippen LogP contribution in [0.5, 0.6) is 5.75 Å². The van der Waals surface area contributed by atoms with E-state index in [9.17, 15) is 0 Å². The van der Waals surface area contributed by atoms with Crippen LogP contribution in [0.1, 0.15) is 5.56 Å². The molecule has 0 heterocycles. The van der Waals surface area contributed by atoms with Crippen LogP contribution in [0.25, 0.3) is 11.1 Å². The van der Waals surface area contributed by atoms with Crippen LogP contribution in [-0.2, 0) is 4.74 Å². The molecule has 0 aliphatic heterocycles. The number of rotatable bonds is 6. The van der Waals surface area contributed by atoms with Crippen molar-refractivity contribution >= 4 is 29.1 Å². The zero-order valence-corrected chi connectivity index (χ0v) is 15.9. The van der Waals surface area contributed by atoms with Crippen molar-refractivity contribution in [3.05, 3.63) is 78.4 Å². The Labute approximate surface area is 154 Å². The van der Waals surface area contributed by atoms with E-state index in [-0.39, 0.29) is 6.79 Å². The Balaban J connectivity index is 2.04. The second-order valence-corrected chi connectivity index (χ2v) is 8.23. The van der Waals surface area contributed by atoms with Gasteiger partial charge in [0.2, 0.25) is 0 Å². The van der Waals surface area contributed by atoms with Gasteiger partial charge >= 0.3 is 0 Å². The molecule has 1 atom stereocenters. The Morgan fingerprint density at radius 3 is 2.36 bits per heavy atom. The highest BCUT2D eigenvalue weighted by Crippen LogP contribution is 2.44. The van der Waals surface area contributed by atoms with Gasteiger partial charge in [-0.25, -0.2) is 0 Å². The van der Waals surface area contributed by atoms with Crippen LogP contribution in [0, 0.1) is 6.92 Å². The third kappa shape index (κ3) is 4.22. The molecule has 0 N–H and O–H groups in total. The molecule has 0 saturated heterocycles. The van der Waals surface area contributed by atoms with Crippen LogP contribution in [0.4, 0.5) is 0 Å². The number of hydrogen-bond donors (Lipinski definition) is 0. The van der Waals surface area contributed by atoms with E-state index in [1.54, 1.807) is 7.11 Å². The molecule has 0 aliphatic carbocycles. The van der Waals surface area contributed by atoms with E-state index in [0.29, 0.717) is 0 Å². The molecule has 0 spiro atoms. The molecule has 3 aromatic carbocycles. The fourth-order valence-electron chi connectivity index (χ4n) is 2.66. The minimum absolute atomic E-state index is 0.205. The number of benzene rings is 3. The fraction of sp³-hybridized carbons (Fsp3) is 0.143. The molecule has 128 valence electrons. The Morgan fingerprint density at radius 1 is 0.880 bits per heavy atom. The molecule has 0 amide bonds. The Morgan fingerprint density at radius 2 is 1.60 bits per heavy atom. The first-order valence-corrected chi connectivity index (χ1v) is 10.3. The first-order valence-electron chi connectivity index (χ1n) is 8.03. The second kappa shape index (κ2) is 8.49. The molecule has 0 radical (unpaired) electrons. The monoisotopic (exact) mass is 370 g/mol. The molecule has 4 heteroatoms. The lowest BCUT2D eigenvalue weighted by Crippen LogP contribution is -2.15. The summed E-state index contributed by atoms with van der Waals surface area (Å²) in [6.07, 6.45) is 0. The zero-order chi connectivity index (χ0) is 17.6. The number of ether oxygens (including phenoxy) is 2. The molecule has 3 rings (SSSR count). The van der Waals surface area contributed by atoms with Crippen molar-refractivity contribution < 1.29 is 9.47 Å². The molecule has 0 fully saturated rings. The highest BCUT2D eigenvalue weighted by atomic mass is 35.7. The third-order valence-corrected chi connectivity index (χ3v) is 6.56. The van der Waals surface area contributed by atoms with Crippen molar-refractivity contribution in [1.82, 2.24) is 0 Å². The Kier molecular flexibility index (Phi) is 6.09. The van der Waals surface area contributed by atoms with Crippen molar-refractivity contribution in [1.29, 1.82) is 0 Å². The van der Waals surface area contributed by atoms with Crippen molar-refractivity contribution in [3.63, 3.8) is 0 Å². The quantitative estimate of drug-likeness (QED) is 0.437. The average molecular weight is 371 g/mol. The van der Waals surface area contributed by atoms with Gasteiger partial charge < -0.3 is 9.47 Å². The van der Waals surface area contributed by atoms with Gasteiger partial charge in [0.1, 0.15) is 5.75 Å². The van der Waals surface area contributed by atoms with Gasteiger partial charge in [-0.15, -0.1) is 0 Å². The molecule has 3 aromatic rings. The summed E-state index contributed by atoms with van der Waals surface area (Å²) >= 11 is 6.97. The van der Waals surface area contributed by atoms with Gasteiger partial charge in [0.15, 0.2) is 6.79 Å². The van der Waals surface area contributed by atoms with Crippen LogP contribution in [0.15, 0.2) is 72.8 Å². The summed E-state index contributed by atoms with van der Waals surface area (Å²) in [7, 11) is 0.542. The fourth-order valence-corrected chi connectivity index (χ4v) is 4.94. The molecular weight excluding hydrogens is 351 g/mol. The first-order chi connectivity index (χ1) is 12.2.